The summed E-state index contributed by atoms with van der Waals surface area (Å²) in [5.41, 5.74) is 3.34. The summed E-state index contributed by atoms with van der Waals surface area (Å²) in [4.78, 5) is 25.8. The lowest BCUT2D eigenvalue weighted by atomic mass is 9.84. The Kier molecular flexibility index (Phi) is 7.72. The van der Waals surface area contributed by atoms with Gasteiger partial charge in [-0.3, -0.25) is 9.59 Å². The Balaban J connectivity index is 1.90. The lowest BCUT2D eigenvalue weighted by molar-refractivity contribution is 0.0933. The van der Waals surface area contributed by atoms with Crippen LogP contribution in [0.15, 0.2) is 36.5 Å². The van der Waals surface area contributed by atoms with Crippen LogP contribution in [0.4, 0.5) is 5.69 Å². The molecule has 1 heterocycles. The van der Waals surface area contributed by atoms with Crippen molar-refractivity contribution in [3.8, 4) is 17.5 Å². The molecule has 0 spiro atoms. The predicted molar refractivity (Wildman–Crippen MR) is 142 cm³/mol. The van der Waals surface area contributed by atoms with E-state index in [0.717, 1.165) is 11.1 Å². The first kappa shape index (κ1) is 27.4. The average molecular weight is 503 g/mol. The van der Waals surface area contributed by atoms with Gasteiger partial charge in [0, 0.05) is 12.2 Å². The number of anilines is 1. The molecule has 3 rings (SSSR count). The molecule has 2 aromatic carbocycles. The van der Waals surface area contributed by atoms with Gasteiger partial charge in [0.1, 0.15) is 11.8 Å². The zero-order chi connectivity index (χ0) is 27.5. The fourth-order valence-electron chi connectivity index (χ4n) is 3.59. The van der Waals surface area contributed by atoms with Crippen LogP contribution in [0.3, 0.4) is 0 Å². The SMILES string of the molecule is COc1c(C#N)cc(C(C)(C)C)cc1C(=O)Nc1ccc(C)c(-n2cc(C(=O)NCC(C)(C)C)nn2)c1. The number of rotatable bonds is 6. The molecule has 0 unspecified atom stereocenters. The molecule has 194 valence electrons. The molecule has 0 aliphatic carbocycles. The number of amides is 2. The quantitative estimate of drug-likeness (QED) is 0.500. The Bertz CT molecular complexity index is 1370. The summed E-state index contributed by atoms with van der Waals surface area (Å²) in [5, 5.41) is 23.5. The highest BCUT2D eigenvalue weighted by Crippen LogP contribution is 2.32. The Morgan fingerprint density at radius 3 is 2.38 bits per heavy atom. The van der Waals surface area contributed by atoms with E-state index in [1.807, 2.05) is 54.5 Å². The number of ether oxygens (including phenoxy) is 1. The Hall–Kier alpha value is -4.19. The average Bonchev–Trinajstić information content (AvgIpc) is 3.31. The summed E-state index contributed by atoms with van der Waals surface area (Å²) in [6.45, 7) is 14.5. The normalized spacial score (nSPS) is 11.5. The van der Waals surface area contributed by atoms with Crippen LogP contribution in [0.1, 0.15) is 79.1 Å². The summed E-state index contributed by atoms with van der Waals surface area (Å²) in [6.07, 6.45) is 1.56. The third-order valence-corrected chi connectivity index (χ3v) is 5.74. The van der Waals surface area contributed by atoms with Gasteiger partial charge in [0.2, 0.25) is 0 Å². The van der Waals surface area contributed by atoms with Crippen LogP contribution in [-0.4, -0.2) is 40.5 Å². The fraction of sp³-hybridized carbons (Fsp3) is 0.393. The standard InChI is InChI=1S/C28H34N6O3/c1-17-9-10-20(13-23(17)34-15-22(32-33-34)26(36)30-16-27(2,3)4)31-25(35)21-12-19(28(5,6)7)11-18(14-29)24(21)37-8/h9-13,15H,16H2,1-8H3,(H,30,36)(H,31,35). The van der Waals surface area contributed by atoms with Gasteiger partial charge in [-0.25, -0.2) is 4.68 Å². The Morgan fingerprint density at radius 2 is 1.78 bits per heavy atom. The number of nitrogens with one attached hydrogen (secondary N) is 2. The van der Waals surface area contributed by atoms with Gasteiger partial charge in [0.05, 0.1) is 30.1 Å². The highest BCUT2D eigenvalue weighted by atomic mass is 16.5. The number of aromatic nitrogens is 3. The van der Waals surface area contributed by atoms with E-state index < -0.39 is 5.91 Å². The largest absolute Gasteiger partial charge is 0.495 e. The number of hydrogen-bond acceptors (Lipinski definition) is 6. The summed E-state index contributed by atoms with van der Waals surface area (Å²) >= 11 is 0. The van der Waals surface area contributed by atoms with Gasteiger partial charge in [-0.2, -0.15) is 5.26 Å². The number of hydrogen-bond donors (Lipinski definition) is 2. The number of nitrogens with zero attached hydrogens (tertiary/aromatic N) is 4. The number of benzene rings is 2. The molecule has 0 fully saturated rings. The predicted octanol–water partition coefficient (Wildman–Crippen LogP) is 4.78. The second kappa shape index (κ2) is 10.4. The van der Waals surface area contributed by atoms with E-state index >= 15 is 0 Å². The van der Waals surface area contributed by atoms with E-state index in [9.17, 15) is 14.9 Å². The first-order valence-corrected chi connectivity index (χ1v) is 12.0. The smallest absolute Gasteiger partial charge is 0.273 e. The maximum atomic E-state index is 13.3. The van der Waals surface area contributed by atoms with Crippen molar-refractivity contribution in [2.24, 2.45) is 5.41 Å². The molecule has 37 heavy (non-hydrogen) atoms. The molecule has 2 N–H and O–H groups in total. The van der Waals surface area contributed by atoms with Gasteiger partial charge in [0.25, 0.3) is 11.8 Å². The zero-order valence-corrected chi connectivity index (χ0v) is 22.7. The highest BCUT2D eigenvalue weighted by molar-refractivity contribution is 6.07. The van der Waals surface area contributed by atoms with E-state index in [1.54, 1.807) is 30.5 Å². The lowest BCUT2D eigenvalue weighted by Crippen LogP contribution is -2.32. The van der Waals surface area contributed by atoms with E-state index in [4.69, 9.17) is 4.74 Å². The number of aryl methyl sites for hydroxylation is 1. The molecule has 0 atom stereocenters. The molecule has 0 aliphatic heterocycles. The topological polar surface area (TPSA) is 122 Å². The molecular weight excluding hydrogens is 468 g/mol. The first-order valence-electron chi connectivity index (χ1n) is 12.0. The summed E-state index contributed by atoms with van der Waals surface area (Å²) in [6, 6.07) is 11.0. The van der Waals surface area contributed by atoms with E-state index in [1.165, 1.54) is 11.8 Å². The van der Waals surface area contributed by atoms with Crippen molar-refractivity contribution in [1.29, 1.82) is 5.26 Å². The minimum absolute atomic E-state index is 0.0577. The van der Waals surface area contributed by atoms with Gasteiger partial charge in [-0.05, 0) is 53.1 Å². The molecular formula is C28H34N6O3. The van der Waals surface area contributed by atoms with Gasteiger partial charge in [-0.1, -0.05) is 52.8 Å². The van der Waals surface area contributed by atoms with E-state index in [-0.39, 0.29) is 33.7 Å². The van der Waals surface area contributed by atoms with Gasteiger partial charge in [0.15, 0.2) is 5.69 Å². The molecule has 0 aliphatic rings. The van der Waals surface area contributed by atoms with Crippen molar-refractivity contribution in [2.45, 2.75) is 53.9 Å². The van der Waals surface area contributed by atoms with Crippen molar-refractivity contribution in [3.05, 3.63) is 64.5 Å². The van der Waals surface area contributed by atoms with E-state index in [2.05, 4.69) is 27.0 Å². The molecule has 0 radical (unpaired) electrons. The number of nitriles is 1. The van der Waals surface area contributed by atoms with Crippen LogP contribution in [0, 0.1) is 23.7 Å². The lowest BCUT2D eigenvalue weighted by Gasteiger charge is -2.22. The molecule has 1 aromatic heterocycles. The second-order valence-corrected chi connectivity index (χ2v) is 11.2. The summed E-state index contributed by atoms with van der Waals surface area (Å²) in [7, 11) is 1.44. The third-order valence-electron chi connectivity index (χ3n) is 5.74. The zero-order valence-electron chi connectivity index (χ0n) is 22.7. The van der Waals surface area contributed by atoms with Crippen molar-refractivity contribution in [3.63, 3.8) is 0 Å². The van der Waals surface area contributed by atoms with Crippen LogP contribution < -0.4 is 15.4 Å². The number of methoxy groups -OCH3 is 1. The molecule has 2 amide bonds. The summed E-state index contributed by atoms with van der Waals surface area (Å²) in [5.74, 6) is -0.486. The van der Waals surface area contributed by atoms with Crippen molar-refractivity contribution >= 4 is 17.5 Å². The minimum atomic E-state index is -0.407. The number of carbonyl (C=O) groups is 2. The Labute approximate surface area is 217 Å². The van der Waals surface area contributed by atoms with Crippen molar-refractivity contribution in [1.82, 2.24) is 20.3 Å². The fourth-order valence-corrected chi connectivity index (χ4v) is 3.59. The molecule has 0 bridgehead atoms. The van der Waals surface area contributed by atoms with Crippen LogP contribution >= 0.6 is 0 Å². The maximum Gasteiger partial charge on any atom is 0.273 e. The van der Waals surface area contributed by atoms with Gasteiger partial charge in [-0.15, -0.1) is 5.10 Å². The van der Waals surface area contributed by atoms with Gasteiger partial charge >= 0.3 is 0 Å². The third kappa shape index (κ3) is 6.53. The minimum Gasteiger partial charge on any atom is -0.495 e. The van der Waals surface area contributed by atoms with Crippen molar-refractivity contribution in [2.75, 3.05) is 19.0 Å². The van der Waals surface area contributed by atoms with Gasteiger partial charge < -0.3 is 15.4 Å². The van der Waals surface area contributed by atoms with Crippen LogP contribution in [-0.2, 0) is 5.41 Å². The van der Waals surface area contributed by atoms with E-state index in [0.29, 0.717) is 23.5 Å². The second-order valence-electron chi connectivity index (χ2n) is 11.2. The van der Waals surface area contributed by atoms with Crippen LogP contribution in [0.25, 0.3) is 5.69 Å². The van der Waals surface area contributed by atoms with Crippen LogP contribution in [0.5, 0.6) is 5.75 Å². The van der Waals surface area contributed by atoms with Crippen LogP contribution in [0.2, 0.25) is 0 Å². The maximum absolute atomic E-state index is 13.3. The molecule has 0 saturated heterocycles. The highest BCUT2D eigenvalue weighted by Gasteiger charge is 2.23. The molecule has 9 heteroatoms. The molecule has 9 nitrogen and oxygen atoms in total. The van der Waals surface area contributed by atoms with Crippen molar-refractivity contribution < 1.29 is 14.3 Å². The number of carbonyl (C=O) groups excluding carboxylic acids is 2. The summed E-state index contributed by atoms with van der Waals surface area (Å²) < 4.78 is 6.93. The Morgan fingerprint density at radius 1 is 1.08 bits per heavy atom. The monoisotopic (exact) mass is 502 g/mol. The first-order chi connectivity index (χ1) is 17.2. The molecule has 3 aromatic rings. The molecule has 0 saturated carbocycles.